The fourth-order valence-electron chi connectivity index (χ4n) is 6.33. The van der Waals surface area contributed by atoms with E-state index in [1.165, 1.54) is 19.3 Å². The highest BCUT2D eigenvalue weighted by Gasteiger charge is 2.50. The minimum Gasteiger partial charge on any atom is -0.360 e. The SMILES string of the molecule is O=C(N[C@H]1C[C@H]2CC[C@@H](C1)N2S(=O)(=O)N1CC2CC[C@@H](C2)C1)c1cc(C2CC2)on1. The van der Waals surface area contributed by atoms with Crippen LogP contribution in [0.15, 0.2) is 10.6 Å². The van der Waals surface area contributed by atoms with Crippen molar-refractivity contribution >= 4 is 16.1 Å². The Morgan fingerprint density at radius 2 is 1.67 bits per heavy atom. The molecule has 5 atom stereocenters. The van der Waals surface area contributed by atoms with Gasteiger partial charge in [0.2, 0.25) is 0 Å². The van der Waals surface area contributed by atoms with E-state index in [4.69, 9.17) is 4.52 Å². The van der Waals surface area contributed by atoms with Crippen molar-refractivity contribution < 1.29 is 17.7 Å². The van der Waals surface area contributed by atoms with Crippen LogP contribution in [-0.2, 0) is 10.2 Å². The third-order valence-electron chi connectivity index (χ3n) is 7.91. The summed E-state index contributed by atoms with van der Waals surface area (Å²) in [6.07, 6.45) is 8.85. The number of carbonyl (C=O) groups is 1. The van der Waals surface area contributed by atoms with Crippen LogP contribution < -0.4 is 5.32 Å². The molecule has 1 unspecified atom stereocenters. The van der Waals surface area contributed by atoms with Crippen molar-refractivity contribution in [2.45, 2.75) is 81.8 Å². The Bertz CT molecular complexity index is 917. The maximum atomic E-state index is 13.5. The van der Waals surface area contributed by atoms with E-state index in [9.17, 15) is 13.2 Å². The first-order valence-corrected chi connectivity index (χ1v) is 12.9. The molecule has 4 bridgehead atoms. The van der Waals surface area contributed by atoms with Gasteiger partial charge in [0.25, 0.3) is 16.1 Å². The van der Waals surface area contributed by atoms with Crippen LogP contribution in [-0.4, -0.2) is 59.3 Å². The average molecular weight is 435 g/mol. The summed E-state index contributed by atoms with van der Waals surface area (Å²) in [5.41, 5.74) is 0.336. The molecule has 9 heteroatoms. The molecule has 3 saturated heterocycles. The predicted molar refractivity (Wildman–Crippen MR) is 109 cm³/mol. The van der Waals surface area contributed by atoms with E-state index >= 15 is 0 Å². The summed E-state index contributed by atoms with van der Waals surface area (Å²) in [6, 6.07) is 1.71. The van der Waals surface area contributed by atoms with E-state index in [1.807, 2.05) is 0 Å². The number of fused-ring (bicyclic) bond motifs is 4. The molecule has 164 valence electrons. The largest absolute Gasteiger partial charge is 0.360 e. The summed E-state index contributed by atoms with van der Waals surface area (Å²) in [4.78, 5) is 12.6. The Morgan fingerprint density at radius 3 is 2.30 bits per heavy atom. The van der Waals surface area contributed by atoms with E-state index in [0.717, 1.165) is 31.4 Å². The Balaban J connectivity index is 1.12. The van der Waals surface area contributed by atoms with Crippen LogP contribution in [0.25, 0.3) is 0 Å². The number of amides is 1. The quantitative estimate of drug-likeness (QED) is 0.767. The molecule has 5 fully saturated rings. The van der Waals surface area contributed by atoms with E-state index in [1.54, 1.807) is 14.7 Å². The molecule has 2 saturated carbocycles. The number of rotatable bonds is 5. The number of hydrogen-bond acceptors (Lipinski definition) is 5. The van der Waals surface area contributed by atoms with Gasteiger partial charge in [0.15, 0.2) is 5.69 Å². The first kappa shape index (κ1) is 19.3. The molecule has 1 aromatic heterocycles. The topological polar surface area (TPSA) is 95.8 Å². The van der Waals surface area contributed by atoms with Crippen molar-refractivity contribution in [3.63, 3.8) is 0 Å². The third-order valence-corrected chi connectivity index (χ3v) is 9.99. The first-order chi connectivity index (χ1) is 14.5. The molecule has 1 N–H and O–H groups in total. The van der Waals surface area contributed by atoms with Crippen LogP contribution in [0.1, 0.15) is 80.0 Å². The minimum atomic E-state index is -3.42. The van der Waals surface area contributed by atoms with E-state index in [0.29, 0.717) is 49.4 Å². The molecule has 4 heterocycles. The number of piperidine rings is 2. The fourth-order valence-corrected chi connectivity index (χ4v) is 8.53. The molecule has 8 nitrogen and oxygen atoms in total. The molecule has 1 amide bonds. The smallest absolute Gasteiger partial charge is 0.282 e. The summed E-state index contributed by atoms with van der Waals surface area (Å²) in [6.45, 7) is 1.37. The van der Waals surface area contributed by atoms with Crippen LogP contribution in [0.4, 0.5) is 0 Å². The second-order valence-electron chi connectivity index (χ2n) is 10.1. The number of nitrogens with one attached hydrogen (secondary N) is 1. The standard InChI is InChI=1S/C21H30N4O4S/c26-21(19-10-20(29-23-19)15-3-4-15)22-16-8-17-5-6-18(9-16)25(17)30(27,28)24-11-13-1-2-14(7-13)12-24/h10,13-18H,1-9,11-12H2,(H,22,26)/t13-,14?,16-,17+,18-/m0/s1. The Kier molecular flexibility index (Phi) is 4.51. The summed E-state index contributed by atoms with van der Waals surface area (Å²) in [7, 11) is -3.42. The van der Waals surface area contributed by atoms with Crippen molar-refractivity contribution in [2.24, 2.45) is 11.8 Å². The molecule has 0 spiro atoms. The second-order valence-corrected chi connectivity index (χ2v) is 11.9. The Labute approximate surface area is 177 Å². The van der Waals surface area contributed by atoms with Gasteiger partial charge in [-0.15, -0.1) is 0 Å². The molecule has 3 aliphatic heterocycles. The molecule has 30 heavy (non-hydrogen) atoms. The van der Waals surface area contributed by atoms with E-state index in [-0.39, 0.29) is 24.0 Å². The van der Waals surface area contributed by atoms with Gasteiger partial charge in [-0.2, -0.15) is 17.0 Å². The zero-order valence-corrected chi connectivity index (χ0v) is 18.0. The van der Waals surface area contributed by atoms with E-state index < -0.39 is 10.2 Å². The molecule has 2 aliphatic carbocycles. The van der Waals surface area contributed by atoms with Gasteiger partial charge in [0.05, 0.1) is 0 Å². The third kappa shape index (κ3) is 3.29. The van der Waals surface area contributed by atoms with Gasteiger partial charge in [0.1, 0.15) is 5.76 Å². The second kappa shape index (κ2) is 7.03. The van der Waals surface area contributed by atoms with Gasteiger partial charge in [-0.3, -0.25) is 4.79 Å². The summed E-state index contributed by atoms with van der Waals surface area (Å²) in [5, 5.41) is 7.02. The van der Waals surface area contributed by atoms with Crippen molar-refractivity contribution in [3.05, 3.63) is 17.5 Å². The molecule has 1 aromatic rings. The number of carbonyl (C=O) groups excluding carboxylic acids is 1. The Hall–Kier alpha value is -1.45. The summed E-state index contributed by atoms with van der Waals surface area (Å²) < 4.78 is 35.8. The number of aromatic nitrogens is 1. The predicted octanol–water partition coefficient (Wildman–Crippen LogP) is 2.25. The monoisotopic (exact) mass is 434 g/mol. The zero-order valence-electron chi connectivity index (χ0n) is 17.2. The van der Waals surface area contributed by atoms with Crippen LogP contribution in [0.5, 0.6) is 0 Å². The van der Waals surface area contributed by atoms with Gasteiger partial charge < -0.3 is 9.84 Å². The van der Waals surface area contributed by atoms with Crippen molar-refractivity contribution in [1.29, 1.82) is 0 Å². The van der Waals surface area contributed by atoms with Crippen LogP contribution in [0.2, 0.25) is 0 Å². The maximum Gasteiger partial charge on any atom is 0.282 e. The molecular formula is C21H30N4O4S. The molecular weight excluding hydrogens is 404 g/mol. The van der Waals surface area contributed by atoms with Crippen molar-refractivity contribution in [2.75, 3.05) is 13.1 Å². The minimum absolute atomic E-state index is 0.0138. The van der Waals surface area contributed by atoms with Crippen LogP contribution >= 0.6 is 0 Å². The van der Waals surface area contributed by atoms with Gasteiger partial charge in [-0.25, -0.2) is 0 Å². The fraction of sp³-hybridized carbons (Fsp3) is 0.810. The zero-order chi connectivity index (χ0) is 20.5. The highest BCUT2D eigenvalue weighted by molar-refractivity contribution is 7.86. The summed E-state index contributed by atoms with van der Waals surface area (Å²) in [5.74, 6) is 2.09. The maximum absolute atomic E-state index is 13.5. The lowest BCUT2D eigenvalue weighted by molar-refractivity contribution is 0.0897. The van der Waals surface area contributed by atoms with Gasteiger partial charge in [0, 0.05) is 43.2 Å². The molecule has 6 rings (SSSR count). The van der Waals surface area contributed by atoms with Crippen molar-refractivity contribution in [3.8, 4) is 0 Å². The first-order valence-electron chi connectivity index (χ1n) is 11.5. The highest BCUT2D eigenvalue weighted by Crippen LogP contribution is 2.43. The Morgan fingerprint density at radius 1 is 1.00 bits per heavy atom. The lowest BCUT2D eigenvalue weighted by Crippen LogP contribution is -2.57. The highest BCUT2D eigenvalue weighted by atomic mass is 32.2. The molecule has 0 radical (unpaired) electrons. The lowest BCUT2D eigenvalue weighted by atomic mass is 9.99. The van der Waals surface area contributed by atoms with Gasteiger partial charge in [-0.1, -0.05) is 5.16 Å². The lowest BCUT2D eigenvalue weighted by Gasteiger charge is -2.42. The summed E-state index contributed by atoms with van der Waals surface area (Å²) >= 11 is 0. The number of nitrogens with zero attached hydrogens (tertiary/aromatic N) is 3. The van der Waals surface area contributed by atoms with Crippen LogP contribution in [0, 0.1) is 11.8 Å². The van der Waals surface area contributed by atoms with Crippen molar-refractivity contribution in [1.82, 2.24) is 19.1 Å². The normalized spacial score (nSPS) is 36.9. The van der Waals surface area contributed by atoms with Gasteiger partial charge in [-0.05, 0) is 69.6 Å². The molecule has 5 aliphatic rings. The molecule has 0 aromatic carbocycles. The average Bonchev–Trinajstić information content (AvgIpc) is 3.25. The van der Waals surface area contributed by atoms with E-state index in [2.05, 4.69) is 10.5 Å². The number of hydrogen-bond donors (Lipinski definition) is 1. The van der Waals surface area contributed by atoms with Crippen LogP contribution in [0.3, 0.4) is 0 Å². The van der Waals surface area contributed by atoms with Gasteiger partial charge >= 0.3 is 0 Å².